The number of primary amides is 1. The van der Waals surface area contributed by atoms with E-state index in [1.165, 1.54) is 6.92 Å². The molecule has 1 aliphatic rings. The molecule has 0 bridgehead atoms. The van der Waals surface area contributed by atoms with Gasteiger partial charge in [-0.25, -0.2) is 0 Å². The molecule has 0 spiro atoms. The Hall–Kier alpha value is -2.04. The number of benzene rings is 1. The van der Waals surface area contributed by atoms with E-state index in [2.05, 4.69) is 4.90 Å². The molecule has 1 aromatic rings. The summed E-state index contributed by atoms with van der Waals surface area (Å²) >= 11 is 0. The minimum Gasteiger partial charge on any atom is -0.496 e. The zero-order chi connectivity index (χ0) is 14.7. The molecule has 2 rings (SSSR count). The van der Waals surface area contributed by atoms with Crippen molar-refractivity contribution in [1.29, 1.82) is 0 Å². The second kappa shape index (κ2) is 5.94. The van der Waals surface area contributed by atoms with Crippen LogP contribution in [0.3, 0.4) is 0 Å². The predicted molar refractivity (Wildman–Crippen MR) is 77.1 cm³/mol. The van der Waals surface area contributed by atoms with Gasteiger partial charge in [-0.2, -0.15) is 0 Å². The highest BCUT2D eigenvalue weighted by Crippen LogP contribution is 2.32. The van der Waals surface area contributed by atoms with Crippen molar-refractivity contribution in [2.45, 2.75) is 19.8 Å². The van der Waals surface area contributed by atoms with Crippen molar-refractivity contribution in [3.05, 3.63) is 23.8 Å². The number of anilines is 1. The number of nitrogens with two attached hydrogens (primary N) is 1. The van der Waals surface area contributed by atoms with E-state index in [9.17, 15) is 9.59 Å². The van der Waals surface area contributed by atoms with Crippen LogP contribution in [0.5, 0.6) is 5.75 Å². The SMILES string of the molecule is COc1cccc(N2CCC(C(N)=O)CC2)c1C(C)=O. The summed E-state index contributed by atoms with van der Waals surface area (Å²) < 4.78 is 5.28. The smallest absolute Gasteiger partial charge is 0.220 e. The first-order valence-electron chi connectivity index (χ1n) is 6.76. The molecule has 108 valence electrons. The Balaban J connectivity index is 2.26. The molecular formula is C15H20N2O3. The molecule has 2 N–H and O–H groups in total. The Bertz CT molecular complexity index is 520. The molecule has 20 heavy (non-hydrogen) atoms. The van der Waals surface area contributed by atoms with Crippen LogP contribution in [0, 0.1) is 5.92 Å². The molecule has 1 heterocycles. The van der Waals surface area contributed by atoms with Gasteiger partial charge in [0, 0.05) is 19.0 Å². The predicted octanol–water partition coefficient (Wildman–Crippen LogP) is 1.60. The number of ether oxygens (including phenoxy) is 1. The average Bonchev–Trinajstić information content (AvgIpc) is 2.46. The molecule has 1 aromatic carbocycles. The quantitative estimate of drug-likeness (QED) is 0.848. The van der Waals surface area contributed by atoms with Gasteiger partial charge >= 0.3 is 0 Å². The van der Waals surface area contributed by atoms with Crippen molar-refractivity contribution in [3.63, 3.8) is 0 Å². The monoisotopic (exact) mass is 276 g/mol. The Morgan fingerprint density at radius 2 is 1.95 bits per heavy atom. The number of carbonyl (C=O) groups is 2. The number of hydrogen-bond acceptors (Lipinski definition) is 4. The molecule has 0 unspecified atom stereocenters. The molecule has 5 nitrogen and oxygen atoms in total. The normalized spacial score (nSPS) is 16.0. The Morgan fingerprint density at radius 1 is 1.30 bits per heavy atom. The molecular weight excluding hydrogens is 256 g/mol. The molecule has 5 heteroatoms. The standard InChI is InChI=1S/C15H20N2O3/c1-10(18)14-12(4-3-5-13(14)20-2)17-8-6-11(7-9-17)15(16)19/h3-5,11H,6-9H2,1-2H3,(H2,16,19). The van der Waals surface area contributed by atoms with Crippen LogP contribution < -0.4 is 15.4 Å². The largest absolute Gasteiger partial charge is 0.496 e. The van der Waals surface area contributed by atoms with Crippen molar-refractivity contribution in [2.24, 2.45) is 11.7 Å². The Kier molecular flexibility index (Phi) is 4.27. The van der Waals surface area contributed by atoms with Crippen LogP contribution in [-0.2, 0) is 4.79 Å². The molecule has 0 radical (unpaired) electrons. The number of amides is 1. The number of methoxy groups -OCH3 is 1. The van der Waals surface area contributed by atoms with E-state index in [1.54, 1.807) is 13.2 Å². The number of nitrogens with zero attached hydrogens (tertiary/aromatic N) is 1. The Morgan fingerprint density at radius 3 is 2.45 bits per heavy atom. The van der Waals surface area contributed by atoms with E-state index >= 15 is 0 Å². The topological polar surface area (TPSA) is 72.6 Å². The summed E-state index contributed by atoms with van der Waals surface area (Å²) in [7, 11) is 1.56. The summed E-state index contributed by atoms with van der Waals surface area (Å²) in [6.45, 7) is 2.99. The van der Waals surface area contributed by atoms with Crippen LogP contribution >= 0.6 is 0 Å². The van der Waals surface area contributed by atoms with Crippen molar-refractivity contribution >= 4 is 17.4 Å². The third kappa shape index (κ3) is 2.76. The highest BCUT2D eigenvalue weighted by atomic mass is 16.5. The highest BCUT2D eigenvalue weighted by Gasteiger charge is 2.26. The van der Waals surface area contributed by atoms with Crippen molar-refractivity contribution in [2.75, 3.05) is 25.1 Å². The number of carbonyl (C=O) groups excluding carboxylic acids is 2. The highest BCUT2D eigenvalue weighted by molar-refractivity contribution is 6.02. The van der Waals surface area contributed by atoms with E-state index in [0.717, 1.165) is 31.6 Å². The summed E-state index contributed by atoms with van der Waals surface area (Å²) in [6.07, 6.45) is 1.45. The average molecular weight is 276 g/mol. The number of piperidine rings is 1. The summed E-state index contributed by atoms with van der Waals surface area (Å²) in [5, 5.41) is 0. The van der Waals surface area contributed by atoms with Crippen LogP contribution in [-0.4, -0.2) is 31.9 Å². The third-order valence-corrected chi connectivity index (χ3v) is 3.81. The maximum absolute atomic E-state index is 11.9. The summed E-state index contributed by atoms with van der Waals surface area (Å²) in [5.74, 6) is 0.279. The lowest BCUT2D eigenvalue weighted by molar-refractivity contribution is -0.122. The van der Waals surface area contributed by atoms with Gasteiger partial charge in [0.25, 0.3) is 0 Å². The summed E-state index contributed by atoms with van der Waals surface area (Å²) in [4.78, 5) is 25.2. The zero-order valence-corrected chi connectivity index (χ0v) is 11.9. The van der Waals surface area contributed by atoms with Gasteiger partial charge in [0.15, 0.2) is 5.78 Å². The van der Waals surface area contributed by atoms with Crippen LogP contribution in [0.4, 0.5) is 5.69 Å². The molecule has 0 atom stereocenters. The number of rotatable bonds is 4. The number of ketones is 1. The fourth-order valence-electron chi connectivity index (χ4n) is 2.71. The van der Waals surface area contributed by atoms with E-state index < -0.39 is 0 Å². The second-order valence-corrected chi connectivity index (χ2v) is 5.07. The van der Waals surface area contributed by atoms with Gasteiger partial charge in [-0.3, -0.25) is 9.59 Å². The van der Waals surface area contributed by atoms with Crippen LogP contribution in [0.15, 0.2) is 18.2 Å². The van der Waals surface area contributed by atoms with Crippen LogP contribution in [0.1, 0.15) is 30.1 Å². The first kappa shape index (κ1) is 14.4. The zero-order valence-electron chi connectivity index (χ0n) is 11.9. The molecule has 1 fully saturated rings. The second-order valence-electron chi connectivity index (χ2n) is 5.07. The lowest BCUT2D eigenvalue weighted by Crippen LogP contribution is -2.39. The maximum Gasteiger partial charge on any atom is 0.220 e. The molecule has 1 aliphatic heterocycles. The van der Waals surface area contributed by atoms with Crippen LogP contribution in [0.25, 0.3) is 0 Å². The van der Waals surface area contributed by atoms with Gasteiger partial charge in [0.05, 0.1) is 18.4 Å². The minimum absolute atomic E-state index is 0.0190. The van der Waals surface area contributed by atoms with Gasteiger partial charge in [0.2, 0.25) is 5.91 Å². The molecule has 0 saturated carbocycles. The molecule has 0 aliphatic carbocycles. The van der Waals surface area contributed by atoms with Crippen molar-refractivity contribution in [1.82, 2.24) is 0 Å². The van der Waals surface area contributed by atoms with Crippen molar-refractivity contribution in [3.8, 4) is 5.75 Å². The number of Topliss-reactive ketones (excluding diaryl/α,β-unsaturated/α-hetero) is 1. The van der Waals surface area contributed by atoms with Gasteiger partial charge in [0.1, 0.15) is 5.75 Å². The van der Waals surface area contributed by atoms with Gasteiger partial charge < -0.3 is 15.4 Å². The molecule has 1 saturated heterocycles. The third-order valence-electron chi connectivity index (χ3n) is 3.81. The molecule has 0 aromatic heterocycles. The van der Waals surface area contributed by atoms with E-state index in [-0.39, 0.29) is 17.6 Å². The van der Waals surface area contributed by atoms with E-state index in [1.807, 2.05) is 12.1 Å². The van der Waals surface area contributed by atoms with E-state index in [0.29, 0.717) is 11.3 Å². The van der Waals surface area contributed by atoms with Crippen LogP contribution in [0.2, 0.25) is 0 Å². The number of hydrogen-bond donors (Lipinski definition) is 1. The van der Waals surface area contributed by atoms with Crippen molar-refractivity contribution < 1.29 is 14.3 Å². The maximum atomic E-state index is 11.9. The van der Waals surface area contributed by atoms with Gasteiger partial charge in [-0.1, -0.05) is 6.07 Å². The fourth-order valence-corrected chi connectivity index (χ4v) is 2.71. The first-order chi connectivity index (χ1) is 9.54. The minimum atomic E-state index is -0.234. The Labute approximate surface area is 118 Å². The fraction of sp³-hybridized carbons (Fsp3) is 0.467. The summed E-state index contributed by atoms with van der Waals surface area (Å²) in [5.41, 5.74) is 6.82. The van der Waals surface area contributed by atoms with E-state index in [4.69, 9.17) is 10.5 Å². The lowest BCUT2D eigenvalue weighted by atomic mass is 9.95. The molecule has 1 amide bonds. The van der Waals surface area contributed by atoms with Gasteiger partial charge in [-0.05, 0) is 31.9 Å². The first-order valence-corrected chi connectivity index (χ1v) is 6.76. The summed E-state index contributed by atoms with van der Waals surface area (Å²) in [6, 6.07) is 5.58. The lowest BCUT2D eigenvalue weighted by Gasteiger charge is -2.33. The van der Waals surface area contributed by atoms with Gasteiger partial charge in [-0.15, -0.1) is 0 Å².